The molecule has 0 amide bonds. The number of hydrazone groups is 1. The van der Waals surface area contributed by atoms with Crippen LogP contribution in [0.1, 0.15) is 59.7 Å². The number of ether oxygens (including phenoxy) is 2. The Kier molecular flexibility index (Phi) is 11.9. The van der Waals surface area contributed by atoms with Gasteiger partial charge in [-0.05, 0) is 36.1 Å². The molecule has 0 saturated carbocycles. The third-order valence-electron chi connectivity index (χ3n) is 7.12. The lowest BCUT2D eigenvalue weighted by Gasteiger charge is -2.22. The lowest BCUT2D eigenvalue weighted by molar-refractivity contribution is -0.763. The summed E-state index contributed by atoms with van der Waals surface area (Å²) in [6.45, 7) is 3.33. The van der Waals surface area contributed by atoms with Crippen molar-refractivity contribution in [2.24, 2.45) is 16.7 Å². The maximum Gasteiger partial charge on any atom is 0.515 e. The van der Waals surface area contributed by atoms with Gasteiger partial charge < -0.3 is 29.7 Å². The molecule has 0 saturated heterocycles. The van der Waals surface area contributed by atoms with Crippen molar-refractivity contribution in [2.45, 2.75) is 52.5 Å². The molecule has 0 aliphatic rings. The van der Waals surface area contributed by atoms with E-state index in [2.05, 4.69) is 14.9 Å². The van der Waals surface area contributed by atoms with Gasteiger partial charge in [0.05, 0.1) is 0 Å². The number of benzene rings is 3. The SMILES string of the molecule is CCCCc1nc(Cl)c(C(=O)O)n1Cc1ccc(-c2ccccc2/C(N)=N/N(N)C(C)OC(=O)Oc2ccccc2CO[N+](=O)[O-])cc1. The van der Waals surface area contributed by atoms with Gasteiger partial charge in [-0.2, -0.15) is 5.12 Å². The smallest absolute Gasteiger partial charge is 0.476 e. The number of carbonyl (C=O) groups excluding carboxylic acids is 1. The minimum atomic E-state index is -1.15. The van der Waals surface area contributed by atoms with Crippen LogP contribution in [0.25, 0.3) is 11.1 Å². The van der Waals surface area contributed by atoms with Gasteiger partial charge in [0.15, 0.2) is 16.7 Å². The second-order valence-electron chi connectivity index (χ2n) is 10.4. The molecule has 4 aromatic rings. The van der Waals surface area contributed by atoms with E-state index in [0.717, 1.165) is 34.6 Å². The van der Waals surface area contributed by atoms with E-state index in [1.165, 1.54) is 19.1 Å². The van der Waals surface area contributed by atoms with E-state index < -0.39 is 30.0 Å². The Balaban J connectivity index is 1.47. The Morgan fingerprint density at radius 3 is 2.50 bits per heavy atom. The Labute approximate surface area is 280 Å². The first-order valence-corrected chi connectivity index (χ1v) is 15.1. The van der Waals surface area contributed by atoms with Crippen LogP contribution in [0.2, 0.25) is 5.15 Å². The Morgan fingerprint density at radius 2 is 1.81 bits per heavy atom. The highest BCUT2D eigenvalue weighted by atomic mass is 35.5. The van der Waals surface area contributed by atoms with Crippen LogP contribution in [0.3, 0.4) is 0 Å². The summed E-state index contributed by atoms with van der Waals surface area (Å²) in [5.41, 5.74) is 9.48. The summed E-state index contributed by atoms with van der Waals surface area (Å²) in [6.07, 6.45) is 0.115. The number of nitrogens with two attached hydrogens (primary N) is 2. The Bertz CT molecular complexity index is 1800. The van der Waals surface area contributed by atoms with E-state index in [4.69, 9.17) is 32.7 Å². The molecular weight excluding hydrogens is 646 g/mol. The third-order valence-corrected chi connectivity index (χ3v) is 7.39. The largest absolute Gasteiger partial charge is 0.515 e. The molecule has 0 spiro atoms. The topological polar surface area (TPSA) is 211 Å². The molecule has 0 radical (unpaired) electrons. The van der Waals surface area contributed by atoms with E-state index in [1.807, 2.05) is 43.3 Å². The van der Waals surface area contributed by atoms with Crippen molar-refractivity contribution >= 4 is 29.6 Å². The number of para-hydroxylation sites is 1. The summed E-state index contributed by atoms with van der Waals surface area (Å²) in [5.74, 6) is 5.56. The molecule has 0 aliphatic carbocycles. The fourth-order valence-corrected chi connectivity index (χ4v) is 4.99. The summed E-state index contributed by atoms with van der Waals surface area (Å²) in [5, 5.41) is 24.3. The van der Waals surface area contributed by atoms with Gasteiger partial charge in [0, 0.05) is 24.1 Å². The number of imidazole rings is 1. The van der Waals surface area contributed by atoms with Crippen molar-refractivity contribution in [3.63, 3.8) is 0 Å². The van der Waals surface area contributed by atoms with Gasteiger partial charge in [-0.25, -0.2) is 20.4 Å². The van der Waals surface area contributed by atoms with Crippen LogP contribution in [0.4, 0.5) is 4.79 Å². The molecule has 0 aliphatic heterocycles. The van der Waals surface area contributed by atoms with Crippen LogP contribution in [-0.2, 0) is 29.1 Å². The van der Waals surface area contributed by atoms with E-state index in [0.29, 0.717) is 17.8 Å². The first kappa shape index (κ1) is 35.2. The van der Waals surface area contributed by atoms with Gasteiger partial charge >= 0.3 is 12.1 Å². The molecular formula is C32H34ClN7O8. The third kappa shape index (κ3) is 8.98. The number of aromatic nitrogens is 2. The molecule has 48 heavy (non-hydrogen) atoms. The molecule has 252 valence electrons. The number of hydrazine groups is 1. The van der Waals surface area contributed by atoms with Crippen molar-refractivity contribution in [1.82, 2.24) is 14.7 Å². The molecule has 1 unspecified atom stereocenters. The summed E-state index contributed by atoms with van der Waals surface area (Å²) in [7, 11) is 0. The minimum Gasteiger partial charge on any atom is -0.476 e. The summed E-state index contributed by atoms with van der Waals surface area (Å²) in [6, 6.07) is 20.8. The van der Waals surface area contributed by atoms with Gasteiger partial charge in [0.25, 0.3) is 5.09 Å². The molecule has 5 N–H and O–H groups in total. The molecule has 3 aromatic carbocycles. The molecule has 0 bridgehead atoms. The number of hydrogen-bond donors (Lipinski definition) is 3. The summed E-state index contributed by atoms with van der Waals surface area (Å²) < 4.78 is 12.0. The molecule has 16 heteroatoms. The molecule has 1 aromatic heterocycles. The van der Waals surface area contributed by atoms with Gasteiger partial charge in [-0.1, -0.05) is 91.7 Å². The summed E-state index contributed by atoms with van der Waals surface area (Å²) in [4.78, 5) is 43.6. The average molecular weight is 680 g/mol. The van der Waals surface area contributed by atoms with Crippen LogP contribution < -0.4 is 16.3 Å². The van der Waals surface area contributed by atoms with Crippen molar-refractivity contribution in [3.05, 3.63) is 116 Å². The molecule has 1 heterocycles. The number of halogens is 1. The average Bonchev–Trinajstić information content (AvgIpc) is 3.37. The molecule has 1 atom stereocenters. The van der Waals surface area contributed by atoms with Crippen molar-refractivity contribution < 1.29 is 34.1 Å². The number of carbonyl (C=O) groups is 2. The second kappa shape index (κ2) is 16.2. The maximum atomic E-state index is 12.5. The summed E-state index contributed by atoms with van der Waals surface area (Å²) >= 11 is 6.18. The predicted molar refractivity (Wildman–Crippen MR) is 175 cm³/mol. The van der Waals surface area contributed by atoms with Gasteiger partial charge in [-0.15, -0.1) is 15.2 Å². The number of rotatable bonds is 15. The van der Waals surface area contributed by atoms with Crippen LogP contribution in [-0.4, -0.2) is 49.1 Å². The standard InChI is InChI=1S/C32H34ClN7O8/c1-3-4-13-27-36-29(33)28(31(41)42)38(27)18-21-14-16-22(17-15-21)24-10-6-7-11-25(24)30(34)37-39(35)20(2)47-32(43)48-26-12-8-5-9-23(26)19-46-40(44)45/h5-12,14-17,20H,3-4,13,18-19,35H2,1-2H3,(H2,34,37)(H,41,42). The quantitative estimate of drug-likeness (QED) is 0.0212. The Hall–Kier alpha value is -5.67. The minimum absolute atomic E-state index is 0.0103. The zero-order valence-corrected chi connectivity index (χ0v) is 26.9. The van der Waals surface area contributed by atoms with E-state index in [9.17, 15) is 24.8 Å². The van der Waals surface area contributed by atoms with E-state index >= 15 is 0 Å². The fourth-order valence-electron chi connectivity index (χ4n) is 4.71. The van der Waals surface area contributed by atoms with Crippen LogP contribution in [0.5, 0.6) is 5.75 Å². The highest BCUT2D eigenvalue weighted by Gasteiger charge is 2.22. The van der Waals surface area contributed by atoms with Crippen LogP contribution in [0, 0.1) is 10.1 Å². The number of aromatic carboxylic acids is 1. The number of carboxylic acid groups (broad SMARTS) is 1. The van der Waals surface area contributed by atoms with Gasteiger partial charge in [0.2, 0.25) is 6.23 Å². The van der Waals surface area contributed by atoms with Crippen LogP contribution >= 0.6 is 11.6 Å². The van der Waals surface area contributed by atoms with E-state index in [-0.39, 0.29) is 34.5 Å². The number of amidine groups is 1. The fraction of sp³-hybridized carbons (Fsp3) is 0.250. The predicted octanol–water partition coefficient (Wildman–Crippen LogP) is 5.36. The Morgan fingerprint density at radius 1 is 1.12 bits per heavy atom. The highest BCUT2D eigenvalue weighted by molar-refractivity contribution is 6.32. The van der Waals surface area contributed by atoms with Gasteiger partial charge in [-0.3, -0.25) is 0 Å². The first-order valence-electron chi connectivity index (χ1n) is 14.8. The van der Waals surface area contributed by atoms with Crippen molar-refractivity contribution in [2.75, 3.05) is 0 Å². The lowest BCUT2D eigenvalue weighted by Crippen LogP contribution is -2.40. The van der Waals surface area contributed by atoms with Crippen LogP contribution in [0.15, 0.2) is 77.9 Å². The number of nitrogens with zero attached hydrogens (tertiary/aromatic N) is 5. The number of carboxylic acids is 1. The monoisotopic (exact) mass is 679 g/mol. The normalized spacial score (nSPS) is 11.9. The van der Waals surface area contributed by atoms with Gasteiger partial charge in [0.1, 0.15) is 18.2 Å². The number of unbranched alkanes of at least 4 members (excludes halogenated alkanes) is 1. The lowest BCUT2D eigenvalue weighted by atomic mass is 9.98. The molecule has 0 fully saturated rings. The number of aryl methyl sites for hydroxylation is 1. The molecule has 15 nitrogen and oxygen atoms in total. The second-order valence-corrected chi connectivity index (χ2v) is 10.8. The van der Waals surface area contributed by atoms with E-state index in [1.54, 1.807) is 28.8 Å². The zero-order chi connectivity index (χ0) is 34.8. The van der Waals surface area contributed by atoms with Crippen molar-refractivity contribution in [3.8, 4) is 16.9 Å². The number of hydrogen-bond acceptors (Lipinski definition) is 11. The van der Waals surface area contributed by atoms with Crippen molar-refractivity contribution in [1.29, 1.82) is 0 Å². The maximum absolute atomic E-state index is 12.5. The highest BCUT2D eigenvalue weighted by Crippen LogP contribution is 2.26. The first-order chi connectivity index (χ1) is 23.0. The molecule has 4 rings (SSSR count). The zero-order valence-electron chi connectivity index (χ0n) is 26.1.